The van der Waals surface area contributed by atoms with Gasteiger partial charge in [0.15, 0.2) is 9.84 Å². The van der Waals surface area contributed by atoms with E-state index in [1.54, 1.807) is 11.0 Å². The molecule has 0 radical (unpaired) electrons. The highest BCUT2D eigenvalue weighted by Crippen LogP contribution is 2.30. The third-order valence-corrected chi connectivity index (χ3v) is 5.49. The van der Waals surface area contributed by atoms with Crippen LogP contribution in [0, 0.1) is 0 Å². The first-order chi connectivity index (χ1) is 9.97. The van der Waals surface area contributed by atoms with Crippen molar-refractivity contribution < 1.29 is 13.2 Å². The van der Waals surface area contributed by atoms with Gasteiger partial charge in [0, 0.05) is 30.6 Å². The zero-order chi connectivity index (χ0) is 15.0. The highest BCUT2D eigenvalue weighted by atomic mass is 32.2. The summed E-state index contributed by atoms with van der Waals surface area (Å²) in [5.74, 6) is -0.0148. The third-order valence-electron chi connectivity index (χ3n) is 3.68. The third kappa shape index (κ3) is 2.73. The van der Waals surface area contributed by atoms with Crippen molar-refractivity contribution >= 4 is 27.1 Å². The van der Waals surface area contributed by atoms with Gasteiger partial charge in [-0.25, -0.2) is 8.42 Å². The SMILES string of the molecule is CS(=O)(=O)c1cn[nH]c1[C@@H]1CCN(C(=O)c2ccsc2)C1. The molecule has 1 fully saturated rings. The van der Waals surface area contributed by atoms with Crippen LogP contribution in [0.2, 0.25) is 0 Å². The summed E-state index contributed by atoms with van der Waals surface area (Å²) in [6.45, 7) is 1.14. The fourth-order valence-electron chi connectivity index (χ4n) is 2.62. The van der Waals surface area contributed by atoms with Crippen LogP contribution >= 0.6 is 11.3 Å². The average molecular weight is 325 g/mol. The van der Waals surface area contributed by atoms with E-state index in [0.29, 0.717) is 24.3 Å². The predicted molar refractivity (Wildman–Crippen MR) is 79.3 cm³/mol. The second-order valence-corrected chi connectivity index (χ2v) is 7.93. The minimum atomic E-state index is -3.30. The minimum absolute atomic E-state index is 0.000768. The fourth-order valence-corrected chi connectivity index (χ4v) is 4.11. The van der Waals surface area contributed by atoms with Crippen molar-refractivity contribution in [1.82, 2.24) is 15.1 Å². The molecule has 0 spiro atoms. The molecule has 1 atom stereocenters. The van der Waals surface area contributed by atoms with Crippen LogP contribution in [0.5, 0.6) is 0 Å². The van der Waals surface area contributed by atoms with Gasteiger partial charge in [-0.05, 0) is 17.9 Å². The number of aromatic amines is 1. The van der Waals surface area contributed by atoms with Crippen LogP contribution in [0.4, 0.5) is 0 Å². The van der Waals surface area contributed by atoms with Gasteiger partial charge in [0.2, 0.25) is 0 Å². The number of thiophene rings is 1. The molecular formula is C13H15N3O3S2. The molecule has 1 aliphatic rings. The molecule has 2 aromatic heterocycles. The number of rotatable bonds is 3. The number of likely N-dealkylation sites (tertiary alicyclic amines) is 1. The van der Waals surface area contributed by atoms with Crippen molar-refractivity contribution in [1.29, 1.82) is 0 Å². The maximum atomic E-state index is 12.3. The van der Waals surface area contributed by atoms with Crippen LogP contribution in [0.1, 0.15) is 28.4 Å². The van der Waals surface area contributed by atoms with E-state index in [1.807, 2.05) is 10.8 Å². The first kappa shape index (κ1) is 14.3. The molecule has 0 aliphatic carbocycles. The van der Waals surface area contributed by atoms with Crippen LogP contribution in [-0.4, -0.2) is 48.8 Å². The molecule has 3 heterocycles. The van der Waals surface area contributed by atoms with E-state index in [2.05, 4.69) is 10.2 Å². The molecule has 6 nitrogen and oxygen atoms in total. The van der Waals surface area contributed by atoms with Crippen molar-refractivity contribution in [2.24, 2.45) is 0 Å². The summed E-state index contributed by atoms with van der Waals surface area (Å²) in [6, 6.07) is 1.80. The normalized spacial score (nSPS) is 19.1. The number of nitrogens with one attached hydrogen (secondary N) is 1. The van der Waals surface area contributed by atoms with Gasteiger partial charge >= 0.3 is 0 Å². The van der Waals surface area contributed by atoms with Gasteiger partial charge < -0.3 is 4.90 Å². The Morgan fingerprint density at radius 3 is 3.00 bits per heavy atom. The van der Waals surface area contributed by atoms with E-state index in [0.717, 1.165) is 6.42 Å². The summed E-state index contributed by atoms with van der Waals surface area (Å²) in [6.07, 6.45) is 3.25. The van der Waals surface area contributed by atoms with Crippen molar-refractivity contribution in [3.63, 3.8) is 0 Å². The number of H-pyrrole nitrogens is 1. The van der Waals surface area contributed by atoms with Crippen LogP contribution < -0.4 is 0 Å². The predicted octanol–water partition coefficient (Wildman–Crippen LogP) is 1.50. The molecule has 1 aliphatic heterocycles. The molecule has 0 bridgehead atoms. The number of nitrogens with zero attached hydrogens (tertiary/aromatic N) is 2. The fraction of sp³-hybridized carbons (Fsp3) is 0.385. The molecule has 1 saturated heterocycles. The van der Waals surface area contributed by atoms with Crippen LogP contribution in [0.25, 0.3) is 0 Å². The summed E-state index contributed by atoms with van der Waals surface area (Å²) >= 11 is 1.49. The van der Waals surface area contributed by atoms with Gasteiger partial charge in [-0.1, -0.05) is 0 Å². The number of hydrogen-bond acceptors (Lipinski definition) is 5. The lowest BCUT2D eigenvalue weighted by molar-refractivity contribution is 0.0791. The monoisotopic (exact) mass is 325 g/mol. The number of carbonyl (C=O) groups excluding carboxylic acids is 1. The van der Waals surface area contributed by atoms with Crippen LogP contribution in [-0.2, 0) is 9.84 Å². The van der Waals surface area contributed by atoms with E-state index in [1.165, 1.54) is 23.8 Å². The molecule has 0 aromatic carbocycles. The molecule has 1 N–H and O–H groups in total. The quantitative estimate of drug-likeness (QED) is 0.927. The Hall–Kier alpha value is -1.67. The van der Waals surface area contributed by atoms with Crippen LogP contribution in [0.15, 0.2) is 27.9 Å². The number of amides is 1. The van der Waals surface area contributed by atoms with E-state index >= 15 is 0 Å². The highest BCUT2D eigenvalue weighted by molar-refractivity contribution is 7.90. The lowest BCUT2D eigenvalue weighted by Gasteiger charge is -2.15. The first-order valence-corrected chi connectivity index (χ1v) is 9.35. The number of sulfone groups is 1. The molecule has 3 rings (SSSR count). The molecule has 21 heavy (non-hydrogen) atoms. The molecule has 0 unspecified atom stereocenters. The summed E-state index contributed by atoms with van der Waals surface area (Å²) in [5, 5.41) is 10.3. The largest absolute Gasteiger partial charge is 0.338 e. The van der Waals surface area contributed by atoms with Crippen molar-refractivity contribution in [2.75, 3.05) is 19.3 Å². The standard InChI is InChI=1S/C13H15N3O3S2/c1-21(18,19)11-6-14-15-12(11)9-2-4-16(7-9)13(17)10-3-5-20-8-10/h3,5-6,8-9H,2,4,7H2,1H3,(H,14,15)/t9-/m1/s1. The molecule has 2 aromatic rings. The Kier molecular flexibility index (Phi) is 3.58. The zero-order valence-corrected chi connectivity index (χ0v) is 13.1. The van der Waals surface area contributed by atoms with Gasteiger partial charge in [0.1, 0.15) is 4.90 Å². The first-order valence-electron chi connectivity index (χ1n) is 6.51. The van der Waals surface area contributed by atoms with E-state index in [-0.39, 0.29) is 16.7 Å². The van der Waals surface area contributed by atoms with Crippen molar-refractivity contribution in [3.8, 4) is 0 Å². The number of carbonyl (C=O) groups is 1. The van der Waals surface area contributed by atoms with Gasteiger partial charge in [-0.3, -0.25) is 9.89 Å². The molecule has 0 saturated carbocycles. The lowest BCUT2D eigenvalue weighted by atomic mass is 10.1. The summed E-state index contributed by atoms with van der Waals surface area (Å²) < 4.78 is 23.5. The zero-order valence-electron chi connectivity index (χ0n) is 11.4. The second kappa shape index (κ2) is 5.27. The Morgan fingerprint density at radius 2 is 2.33 bits per heavy atom. The Balaban J connectivity index is 1.79. The van der Waals surface area contributed by atoms with Crippen molar-refractivity contribution in [2.45, 2.75) is 17.2 Å². The van der Waals surface area contributed by atoms with E-state index in [4.69, 9.17) is 0 Å². The topological polar surface area (TPSA) is 83.1 Å². The van der Waals surface area contributed by atoms with E-state index in [9.17, 15) is 13.2 Å². The Bertz CT molecular complexity index is 749. The van der Waals surface area contributed by atoms with Gasteiger partial charge in [-0.15, -0.1) is 0 Å². The smallest absolute Gasteiger partial charge is 0.254 e. The molecular weight excluding hydrogens is 310 g/mol. The Morgan fingerprint density at radius 1 is 1.52 bits per heavy atom. The maximum absolute atomic E-state index is 12.3. The Labute approximate surface area is 126 Å². The summed E-state index contributed by atoms with van der Waals surface area (Å²) in [5.41, 5.74) is 1.30. The van der Waals surface area contributed by atoms with Gasteiger partial charge in [-0.2, -0.15) is 16.4 Å². The lowest BCUT2D eigenvalue weighted by Crippen LogP contribution is -2.28. The number of hydrogen-bond donors (Lipinski definition) is 1. The molecule has 112 valence electrons. The van der Waals surface area contributed by atoms with Crippen LogP contribution in [0.3, 0.4) is 0 Å². The minimum Gasteiger partial charge on any atom is -0.338 e. The molecule has 8 heteroatoms. The number of aromatic nitrogens is 2. The molecule has 1 amide bonds. The summed E-state index contributed by atoms with van der Waals surface area (Å²) in [7, 11) is -3.30. The van der Waals surface area contributed by atoms with E-state index < -0.39 is 9.84 Å². The van der Waals surface area contributed by atoms with Crippen molar-refractivity contribution in [3.05, 3.63) is 34.3 Å². The van der Waals surface area contributed by atoms with Gasteiger partial charge in [0.05, 0.1) is 17.5 Å². The average Bonchev–Trinajstić information content (AvgIpc) is 3.16. The highest BCUT2D eigenvalue weighted by Gasteiger charge is 2.32. The maximum Gasteiger partial charge on any atom is 0.254 e. The summed E-state index contributed by atoms with van der Waals surface area (Å²) in [4.78, 5) is 14.3. The van der Waals surface area contributed by atoms with Gasteiger partial charge in [0.25, 0.3) is 5.91 Å². The second-order valence-electron chi connectivity index (χ2n) is 5.17.